The van der Waals surface area contributed by atoms with E-state index in [4.69, 9.17) is 15.9 Å². The van der Waals surface area contributed by atoms with E-state index in [1.807, 2.05) is 22.5 Å². The number of nitrogens with zero attached hydrogens (tertiary/aromatic N) is 5. The number of rotatable bonds is 8. The average Bonchev–Trinajstić information content (AvgIpc) is 3.72. The first-order chi connectivity index (χ1) is 16.9. The first-order valence-electron chi connectivity index (χ1n) is 12.6. The van der Waals surface area contributed by atoms with E-state index in [9.17, 15) is 9.59 Å². The van der Waals surface area contributed by atoms with Crippen molar-refractivity contribution in [3.63, 3.8) is 0 Å². The van der Waals surface area contributed by atoms with E-state index >= 15 is 0 Å². The topological polar surface area (TPSA) is 147 Å². The van der Waals surface area contributed by atoms with Gasteiger partial charge in [0.2, 0.25) is 0 Å². The summed E-state index contributed by atoms with van der Waals surface area (Å²) in [6.07, 6.45) is 8.45. The minimum atomic E-state index is -0.994. The molecule has 4 heterocycles. The molecule has 186 valence electrons. The van der Waals surface area contributed by atoms with Crippen LogP contribution in [0.3, 0.4) is 0 Å². The quantitative estimate of drug-likeness (QED) is 0.387. The van der Waals surface area contributed by atoms with Gasteiger partial charge in [-0.2, -0.15) is 10.2 Å². The van der Waals surface area contributed by atoms with Crippen molar-refractivity contribution in [1.29, 1.82) is 0 Å². The smallest absolute Gasteiger partial charge is 0.404 e. The summed E-state index contributed by atoms with van der Waals surface area (Å²) in [5, 5.41) is 23.8. The minimum Gasteiger partial charge on any atom is -0.465 e. The number of nitrogen functional groups attached to an aromatic ring is 1. The number of H-pyrrole nitrogens is 1. The van der Waals surface area contributed by atoms with Gasteiger partial charge < -0.3 is 25.6 Å². The zero-order valence-electron chi connectivity index (χ0n) is 19.9. The molecule has 2 saturated carbocycles. The van der Waals surface area contributed by atoms with Crippen LogP contribution in [-0.2, 0) is 7.05 Å². The molecule has 1 amide bonds. The largest absolute Gasteiger partial charge is 0.465 e. The second-order valence-electron chi connectivity index (χ2n) is 10.3. The normalized spacial score (nSPS) is 20.3. The maximum absolute atomic E-state index is 13.5. The highest BCUT2D eigenvalue weighted by Gasteiger charge is 2.43. The van der Waals surface area contributed by atoms with Crippen LogP contribution in [0.2, 0.25) is 0 Å². The van der Waals surface area contributed by atoms with Gasteiger partial charge in [0.15, 0.2) is 5.82 Å². The molecule has 35 heavy (non-hydrogen) atoms. The molecule has 0 radical (unpaired) electrons. The van der Waals surface area contributed by atoms with Crippen molar-refractivity contribution in [3.8, 4) is 11.3 Å². The van der Waals surface area contributed by atoms with Gasteiger partial charge in [0.05, 0.1) is 11.2 Å². The number of aromatic nitrogens is 5. The molecule has 0 unspecified atom stereocenters. The summed E-state index contributed by atoms with van der Waals surface area (Å²) in [5.41, 5.74) is 8.32. The predicted octanol–water partition coefficient (Wildman–Crippen LogP) is 2.69. The molecule has 6 rings (SSSR count). The Balaban J connectivity index is 1.39. The third-order valence-corrected chi connectivity index (χ3v) is 7.87. The van der Waals surface area contributed by atoms with E-state index in [1.165, 1.54) is 25.7 Å². The summed E-state index contributed by atoms with van der Waals surface area (Å²) >= 11 is 0. The number of aromatic amines is 1. The van der Waals surface area contributed by atoms with Gasteiger partial charge in [-0.05, 0) is 56.8 Å². The second kappa shape index (κ2) is 8.31. The van der Waals surface area contributed by atoms with E-state index in [2.05, 4.69) is 26.5 Å². The summed E-state index contributed by atoms with van der Waals surface area (Å²) < 4.78 is 3.79. The van der Waals surface area contributed by atoms with Crippen molar-refractivity contribution in [3.05, 3.63) is 22.6 Å². The molecule has 0 aromatic carbocycles. The lowest BCUT2D eigenvalue weighted by molar-refractivity contribution is 0.194. The number of amides is 1. The van der Waals surface area contributed by atoms with Gasteiger partial charge in [-0.1, -0.05) is 0 Å². The van der Waals surface area contributed by atoms with E-state index in [0.29, 0.717) is 29.3 Å². The molecule has 11 nitrogen and oxygen atoms in total. The molecule has 3 aromatic heterocycles. The number of carboxylic acid groups (broad SMARTS) is 1. The molecule has 3 aromatic rings. The number of hydrogen-bond donors (Lipinski definition) is 4. The molecule has 1 aliphatic heterocycles. The van der Waals surface area contributed by atoms with Crippen molar-refractivity contribution in [2.24, 2.45) is 18.9 Å². The summed E-state index contributed by atoms with van der Waals surface area (Å²) in [6.45, 7) is 1.32. The maximum Gasteiger partial charge on any atom is 0.404 e. The minimum absolute atomic E-state index is 0.0690. The Hall–Kier alpha value is -3.50. The van der Waals surface area contributed by atoms with E-state index in [-0.39, 0.29) is 23.5 Å². The maximum atomic E-state index is 13.5. The van der Waals surface area contributed by atoms with E-state index in [1.54, 1.807) is 0 Å². The lowest BCUT2D eigenvalue weighted by Gasteiger charge is -2.26. The second-order valence-corrected chi connectivity index (χ2v) is 10.3. The average molecular weight is 481 g/mol. The SMILES string of the molecule is Cn1nc(-c2cn(C(C3CC3)C3CC3)c(=O)c3c(N)n[nH]c23)cc1N1CCC[C@@H]1CCNC(=O)O. The van der Waals surface area contributed by atoms with E-state index in [0.717, 1.165) is 42.9 Å². The number of nitrogens with two attached hydrogens (primary N) is 1. The van der Waals surface area contributed by atoms with Crippen LogP contribution in [0.25, 0.3) is 22.2 Å². The van der Waals surface area contributed by atoms with Crippen LogP contribution in [-0.4, -0.2) is 54.9 Å². The Morgan fingerprint density at radius 1 is 1.29 bits per heavy atom. The van der Waals surface area contributed by atoms with Crippen LogP contribution in [0.15, 0.2) is 17.1 Å². The Morgan fingerprint density at radius 3 is 2.71 bits per heavy atom. The summed E-state index contributed by atoms with van der Waals surface area (Å²) in [7, 11) is 1.93. The molecule has 0 spiro atoms. The zero-order valence-corrected chi connectivity index (χ0v) is 19.9. The van der Waals surface area contributed by atoms with Crippen LogP contribution < -0.4 is 21.5 Å². The highest BCUT2D eigenvalue weighted by molar-refractivity contribution is 5.97. The fraction of sp³-hybridized carbons (Fsp3) is 0.583. The van der Waals surface area contributed by atoms with Crippen LogP contribution >= 0.6 is 0 Å². The number of anilines is 2. The van der Waals surface area contributed by atoms with Crippen LogP contribution in [0.1, 0.15) is 51.0 Å². The lowest BCUT2D eigenvalue weighted by atomic mass is 10.0. The van der Waals surface area contributed by atoms with Gasteiger partial charge in [-0.25, -0.2) is 4.79 Å². The Bertz CT molecular complexity index is 1320. The van der Waals surface area contributed by atoms with Crippen LogP contribution in [0, 0.1) is 11.8 Å². The highest BCUT2D eigenvalue weighted by atomic mass is 16.4. The van der Waals surface area contributed by atoms with Gasteiger partial charge in [-0.15, -0.1) is 0 Å². The number of hydrogen-bond acceptors (Lipinski definition) is 6. The first-order valence-corrected chi connectivity index (χ1v) is 12.6. The molecule has 11 heteroatoms. The highest BCUT2D eigenvalue weighted by Crippen LogP contribution is 2.52. The molecule has 1 atom stereocenters. The Labute approximate surface area is 202 Å². The number of nitrogens with one attached hydrogen (secondary N) is 2. The van der Waals surface area contributed by atoms with Crippen molar-refractivity contribution < 1.29 is 9.90 Å². The number of fused-ring (bicyclic) bond motifs is 1. The van der Waals surface area contributed by atoms with E-state index < -0.39 is 6.09 Å². The van der Waals surface area contributed by atoms with Crippen LogP contribution in [0.5, 0.6) is 0 Å². The molecule has 3 fully saturated rings. The molecular formula is C24H32N8O3. The monoisotopic (exact) mass is 480 g/mol. The van der Waals surface area contributed by atoms with Gasteiger partial charge >= 0.3 is 6.09 Å². The fourth-order valence-corrected chi connectivity index (χ4v) is 5.93. The molecule has 0 bridgehead atoms. The summed E-state index contributed by atoms with van der Waals surface area (Å²) in [6, 6.07) is 2.52. The molecule has 2 aliphatic carbocycles. The summed E-state index contributed by atoms with van der Waals surface area (Å²) in [5.74, 6) is 2.33. The van der Waals surface area contributed by atoms with Crippen LogP contribution in [0.4, 0.5) is 16.4 Å². The standard InChI is InChI=1S/C24H32N8O3/c1-30-18(31-10-2-3-15(31)8-9-26-24(34)35)11-17(29-30)16-12-32(21(13-4-5-13)14-6-7-14)23(33)19-20(16)27-28-22(19)25/h11-15,21,26H,2-10H2,1H3,(H,34,35)(H3,25,27,28)/t15-/m1/s1. The van der Waals surface area contributed by atoms with Crippen molar-refractivity contribution in [1.82, 2.24) is 29.9 Å². The molecule has 3 aliphatic rings. The zero-order chi connectivity index (χ0) is 24.3. The number of aryl methyl sites for hydroxylation is 1. The van der Waals surface area contributed by atoms with Gasteiger partial charge in [0, 0.05) is 50.0 Å². The number of carbonyl (C=O) groups is 1. The van der Waals surface area contributed by atoms with Crippen molar-refractivity contribution >= 4 is 28.6 Å². The lowest BCUT2D eigenvalue weighted by Crippen LogP contribution is -2.34. The summed E-state index contributed by atoms with van der Waals surface area (Å²) in [4.78, 5) is 26.7. The predicted molar refractivity (Wildman–Crippen MR) is 132 cm³/mol. The Kier molecular flexibility index (Phi) is 5.23. The molecule has 1 saturated heterocycles. The third-order valence-electron chi connectivity index (χ3n) is 7.87. The van der Waals surface area contributed by atoms with Crippen molar-refractivity contribution in [2.75, 3.05) is 23.7 Å². The van der Waals surface area contributed by atoms with Gasteiger partial charge in [0.1, 0.15) is 11.2 Å². The molecule has 5 N–H and O–H groups in total. The van der Waals surface area contributed by atoms with Gasteiger partial charge in [-0.3, -0.25) is 14.6 Å². The van der Waals surface area contributed by atoms with Gasteiger partial charge in [0.25, 0.3) is 5.56 Å². The third kappa shape index (κ3) is 3.92. The fourth-order valence-electron chi connectivity index (χ4n) is 5.93. The Morgan fingerprint density at radius 2 is 2.03 bits per heavy atom. The van der Waals surface area contributed by atoms with Crippen molar-refractivity contribution in [2.45, 2.75) is 57.0 Å². The molecular weight excluding hydrogens is 448 g/mol. The number of pyridine rings is 1. The first kappa shape index (κ1) is 22.0.